The molecule has 1 aliphatic carbocycles. The highest BCUT2D eigenvalue weighted by Gasteiger charge is 2.51. The Balaban J connectivity index is 1.18. The molecule has 1 spiro atoms. The van der Waals surface area contributed by atoms with E-state index in [9.17, 15) is 19.2 Å². The second-order valence-electron chi connectivity index (χ2n) is 11.4. The van der Waals surface area contributed by atoms with Gasteiger partial charge in [-0.25, -0.2) is 4.98 Å². The third-order valence-electron chi connectivity index (χ3n) is 8.72. The van der Waals surface area contributed by atoms with Crippen LogP contribution in [0.25, 0.3) is 0 Å². The lowest BCUT2D eigenvalue weighted by Crippen LogP contribution is -2.42. The van der Waals surface area contributed by atoms with Gasteiger partial charge in [-0.1, -0.05) is 36.4 Å². The molecule has 2 N–H and O–H groups in total. The standard InChI is InChI=1S/C32H33N5O4/c1-20-6-3-4-7-23(20)17-37(30(40)24-11-13-36(18-24)21(2)38)19-28(39)34-26-10-9-22-15-32(16-25(22)14-26)27-8-5-12-33-29(27)35-31(32)41/h3-10,12,14,24H,11,13,15-19H2,1-2H3,(H,34,39)(H,33,35,41). The van der Waals surface area contributed by atoms with Gasteiger partial charge in [-0.2, -0.15) is 0 Å². The lowest BCUT2D eigenvalue weighted by atomic mass is 9.79. The van der Waals surface area contributed by atoms with Gasteiger partial charge in [-0.3, -0.25) is 19.2 Å². The molecule has 2 unspecified atom stereocenters. The minimum absolute atomic E-state index is 0.0447. The van der Waals surface area contributed by atoms with Gasteiger partial charge in [0.05, 0.1) is 11.3 Å². The summed E-state index contributed by atoms with van der Waals surface area (Å²) in [6, 6.07) is 17.4. The van der Waals surface area contributed by atoms with Crippen LogP contribution in [0, 0.1) is 12.8 Å². The van der Waals surface area contributed by atoms with Gasteiger partial charge in [-0.05, 0) is 66.6 Å². The van der Waals surface area contributed by atoms with Crippen LogP contribution in [0.15, 0.2) is 60.8 Å². The first kappa shape index (κ1) is 26.7. The molecule has 2 atom stereocenters. The zero-order valence-corrected chi connectivity index (χ0v) is 23.3. The van der Waals surface area contributed by atoms with Crippen molar-refractivity contribution in [2.75, 3.05) is 30.3 Å². The van der Waals surface area contributed by atoms with Gasteiger partial charge in [0, 0.05) is 44.0 Å². The van der Waals surface area contributed by atoms with Crippen molar-refractivity contribution in [1.29, 1.82) is 0 Å². The fourth-order valence-electron chi connectivity index (χ4n) is 6.43. The summed E-state index contributed by atoms with van der Waals surface area (Å²) in [5.41, 5.74) is 4.96. The van der Waals surface area contributed by atoms with Crippen LogP contribution in [0.4, 0.5) is 11.5 Å². The van der Waals surface area contributed by atoms with Crippen molar-refractivity contribution in [1.82, 2.24) is 14.8 Å². The predicted octanol–water partition coefficient (Wildman–Crippen LogP) is 3.21. The number of nitrogens with zero attached hydrogens (tertiary/aromatic N) is 3. The number of carbonyl (C=O) groups is 4. The van der Waals surface area contributed by atoms with E-state index >= 15 is 0 Å². The molecule has 1 aromatic heterocycles. The van der Waals surface area contributed by atoms with Gasteiger partial charge in [0.15, 0.2) is 0 Å². The Morgan fingerprint density at radius 2 is 1.90 bits per heavy atom. The summed E-state index contributed by atoms with van der Waals surface area (Å²) < 4.78 is 0. The number of aryl methyl sites for hydroxylation is 1. The van der Waals surface area contributed by atoms with Gasteiger partial charge in [0.25, 0.3) is 0 Å². The number of benzene rings is 2. The summed E-state index contributed by atoms with van der Waals surface area (Å²) in [6.07, 6.45) is 3.37. The molecule has 41 heavy (non-hydrogen) atoms. The lowest BCUT2D eigenvalue weighted by molar-refractivity contribution is -0.139. The molecule has 2 aliphatic heterocycles. The Morgan fingerprint density at radius 1 is 1.10 bits per heavy atom. The summed E-state index contributed by atoms with van der Waals surface area (Å²) >= 11 is 0. The van der Waals surface area contributed by atoms with Gasteiger partial charge >= 0.3 is 0 Å². The summed E-state index contributed by atoms with van der Waals surface area (Å²) in [7, 11) is 0. The molecule has 4 amide bonds. The first-order valence-corrected chi connectivity index (χ1v) is 14.0. The van der Waals surface area contributed by atoms with E-state index in [2.05, 4.69) is 15.6 Å². The van der Waals surface area contributed by atoms with Crippen molar-refractivity contribution in [3.05, 3.63) is 88.6 Å². The van der Waals surface area contributed by atoms with Crippen molar-refractivity contribution in [2.45, 2.75) is 45.1 Å². The number of likely N-dealkylation sites (tertiary alicyclic amines) is 1. The van der Waals surface area contributed by atoms with Gasteiger partial charge < -0.3 is 20.4 Å². The molecule has 3 aromatic rings. The molecule has 0 saturated carbocycles. The van der Waals surface area contributed by atoms with Crippen LogP contribution in [-0.4, -0.2) is 58.0 Å². The predicted molar refractivity (Wildman–Crippen MR) is 154 cm³/mol. The quantitative estimate of drug-likeness (QED) is 0.489. The lowest BCUT2D eigenvalue weighted by Gasteiger charge is -2.26. The fraction of sp³-hybridized carbons (Fsp3) is 0.344. The number of nitrogens with one attached hydrogen (secondary N) is 2. The number of carbonyl (C=O) groups excluding carboxylic acids is 4. The molecule has 1 fully saturated rings. The Hall–Kier alpha value is -4.53. The molecule has 2 aromatic carbocycles. The first-order chi connectivity index (χ1) is 19.7. The van der Waals surface area contributed by atoms with E-state index in [1.165, 1.54) is 6.92 Å². The number of amides is 4. The van der Waals surface area contributed by atoms with E-state index in [0.29, 0.717) is 50.4 Å². The van der Waals surface area contributed by atoms with Crippen molar-refractivity contribution in [3.63, 3.8) is 0 Å². The third kappa shape index (κ3) is 4.96. The minimum atomic E-state index is -0.680. The number of fused-ring (bicyclic) bond motifs is 3. The normalized spacial score (nSPS) is 20.5. The van der Waals surface area contributed by atoms with Crippen LogP contribution in [0.3, 0.4) is 0 Å². The van der Waals surface area contributed by atoms with Crippen LogP contribution in [0.2, 0.25) is 0 Å². The third-order valence-corrected chi connectivity index (χ3v) is 8.72. The highest BCUT2D eigenvalue weighted by molar-refractivity contribution is 6.06. The molecule has 3 aliphatic rings. The molecule has 0 bridgehead atoms. The van der Waals surface area contributed by atoms with E-state index in [-0.39, 0.29) is 36.1 Å². The highest BCUT2D eigenvalue weighted by atomic mass is 16.2. The smallest absolute Gasteiger partial charge is 0.244 e. The summed E-state index contributed by atoms with van der Waals surface area (Å²) in [5.74, 6) is -0.227. The van der Waals surface area contributed by atoms with Crippen LogP contribution < -0.4 is 10.6 Å². The molecular weight excluding hydrogens is 518 g/mol. The van der Waals surface area contributed by atoms with Crippen molar-refractivity contribution >= 4 is 35.1 Å². The number of rotatable bonds is 6. The largest absolute Gasteiger partial charge is 0.342 e. The van der Waals surface area contributed by atoms with E-state index in [1.807, 2.05) is 61.5 Å². The van der Waals surface area contributed by atoms with Crippen LogP contribution in [-0.2, 0) is 44.0 Å². The minimum Gasteiger partial charge on any atom is -0.342 e. The summed E-state index contributed by atoms with van der Waals surface area (Å²) in [6.45, 7) is 4.63. The molecular formula is C32H33N5O4. The Bertz CT molecular complexity index is 1570. The zero-order valence-electron chi connectivity index (χ0n) is 23.3. The maximum Gasteiger partial charge on any atom is 0.244 e. The zero-order chi connectivity index (χ0) is 28.7. The maximum atomic E-state index is 13.6. The average Bonchev–Trinajstić information content (AvgIpc) is 3.66. The first-order valence-electron chi connectivity index (χ1n) is 14.0. The maximum absolute atomic E-state index is 13.6. The number of aromatic nitrogens is 1. The van der Waals surface area contributed by atoms with Crippen molar-refractivity contribution < 1.29 is 19.2 Å². The van der Waals surface area contributed by atoms with Gasteiger partial charge in [0.2, 0.25) is 23.6 Å². The molecule has 0 radical (unpaired) electrons. The number of anilines is 2. The van der Waals surface area contributed by atoms with Crippen LogP contribution in [0.5, 0.6) is 0 Å². The highest BCUT2D eigenvalue weighted by Crippen LogP contribution is 2.46. The van der Waals surface area contributed by atoms with Crippen LogP contribution >= 0.6 is 0 Å². The van der Waals surface area contributed by atoms with Gasteiger partial charge in [-0.15, -0.1) is 0 Å². The van der Waals surface area contributed by atoms with E-state index in [0.717, 1.165) is 27.8 Å². The van der Waals surface area contributed by atoms with E-state index in [1.54, 1.807) is 16.0 Å². The number of hydrogen-bond acceptors (Lipinski definition) is 5. The van der Waals surface area contributed by atoms with Crippen LogP contribution in [0.1, 0.15) is 41.2 Å². The Labute approximate surface area is 238 Å². The SMILES string of the molecule is CC(=O)N1CCC(C(=O)N(CC(=O)Nc2ccc3c(c2)CC2(C3)C(=O)Nc3ncccc32)Cc2ccccc2C)C1. The number of pyridine rings is 1. The summed E-state index contributed by atoms with van der Waals surface area (Å²) in [5, 5.41) is 5.89. The summed E-state index contributed by atoms with van der Waals surface area (Å²) in [4.78, 5) is 59.4. The monoisotopic (exact) mass is 551 g/mol. The molecule has 210 valence electrons. The molecule has 6 rings (SSSR count). The molecule has 9 heteroatoms. The molecule has 1 saturated heterocycles. The fourth-order valence-corrected chi connectivity index (χ4v) is 6.43. The average molecular weight is 552 g/mol. The van der Waals surface area contributed by atoms with Crippen molar-refractivity contribution in [2.24, 2.45) is 5.92 Å². The second kappa shape index (κ2) is 10.5. The number of hydrogen-bond donors (Lipinski definition) is 2. The van der Waals surface area contributed by atoms with E-state index < -0.39 is 5.41 Å². The Kier molecular flexibility index (Phi) is 6.81. The molecule has 9 nitrogen and oxygen atoms in total. The topological polar surface area (TPSA) is 112 Å². The van der Waals surface area contributed by atoms with Gasteiger partial charge in [0.1, 0.15) is 12.4 Å². The molecule has 3 heterocycles. The Morgan fingerprint density at radius 3 is 2.68 bits per heavy atom. The second-order valence-corrected chi connectivity index (χ2v) is 11.4. The van der Waals surface area contributed by atoms with E-state index in [4.69, 9.17) is 0 Å². The van der Waals surface area contributed by atoms with Crippen molar-refractivity contribution in [3.8, 4) is 0 Å².